The van der Waals surface area contributed by atoms with Crippen LogP contribution >= 0.6 is 0 Å². The first-order valence-electron chi connectivity index (χ1n) is 8.97. The maximum Gasteiger partial charge on any atom is 0.224 e. The quantitative estimate of drug-likeness (QED) is 0.743. The van der Waals surface area contributed by atoms with Gasteiger partial charge in [0, 0.05) is 38.6 Å². The van der Waals surface area contributed by atoms with Crippen LogP contribution in [0.15, 0.2) is 36.4 Å². The van der Waals surface area contributed by atoms with Gasteiger partial charge in [0.2, 0.25) is 5.69 Å². The van der Waals surface area contributed by atoms with Crippen molar-refractivity contribution in [3.05, 3.63) is 53.3 Å². The van der Waals surface area contributed by atoms with Crippen LogP contribution in [0.4, 0.5) is 5.69 Å². The van der Waals surface area contributed by atoms with Crippen LogP contribution in [0.5, 0.6) is 5.75 Å². The largest absolute Gasteiger partial charge is 0.460 e. The van der Waals surface area contributed by atoms with Gasteiger partial charge in [-0.15, -0.1) is 0 Å². The Hall–Kier alpha value is -2.03. The van der Waals surface area contributed by atoms with E-state index >= 15 is 0 Å². The van der Waals surface area contributed by atoms with Gasteiger partial charge in [-0.1, -0.05) is 18.2 Å². The zero-order valence-electron chi connectivity index (χ0n) is 15.4. The van der Waals surface area contributed by atoms with Crippen molar-refractivity contribution < 1.29 is 9.30 Å². The minimum Gasteiger partial charge on any atom is -0.460 e. The summed E-state index contributed by atoms with van der Waals surface area (Å²) in [5.74, 6) is 1.04. The van der Waals surface area contributed by atoms with E-state index in [-0.39, 0.29) is 11.1 Å². The van der Waals surface area contributed by atoms with E-state index in [1.165, 1.54) is 22.6 Å². The number of nitrogens with zero attached hydrogens (tertiary/aromatic N) is 2. The maximum atomic E-state index is 6.79. The molecule has 0 fully saturated rings. The van der Waals surface area contributed by atoms with Crippen molar-refractivity contribution in [2.45, 2.75) is 58.2 Å². The number of para-hydroxylation sites is 1. The number of pyridine rings is 1. The molecule has 1 atom stereocenters. The third-order valence-electron chi connectivity index (χ3n) is 6.26. The van der Waals surface area contributed by atoms with Crippen LogP contribution < -0.4 is 14.2 Å². The van der Waals surface area contributed by atoms with E-state index in [4.69, 9.17) is 4.74 Å². The summed E-state index contributed by atoms with van der Waals surface area (Å²) >= 11 is 0. The molecular weight excluding hydrogens is 296 g/mol. The first-order chi connectivity index (χ1) is 11.4. The highest BCUT2D eigenvalue weighted by Gasteiger charge is 2.59. The number of rotatable bonds is 1. The molecule has 0 amide bonds. The van der Waals surface area contributed by atoms with Crippen molar-refractivity contribution in [1.29, 1.82) is 0 Å². The first kappa shape index (κ1) is 15.5. The van der Waals surface area contributed by atoms with Crippen molar-refractivity contribution in [2.75, 3.05) is 11.9 Å². The van der Waals surface area contributed by atoms with Gasteiger partial charge in [0.25, 0.3) is 0 Å². The molecule has 0 bridgehead atoms. The predicted octanol–water partition coefficient (Wildman–Crippen LogP) is 3.75. The second-order valence-electron chi connectivity index (χ2n) is 7.62. The zero-order valence-corrected chi connectivity index (χ0v) is 15.4. The number of hydrogen-bond acceptors (Lipinski definition) is 2. The molecule has 1 unspecified atom stereocenters. The summed E-state index contributed by atoms with van der Waals surface area (Å²) < 4.78 is 9.18. The van der Waals surface area contributed by atoms with E-state index in [0.717, 1.165) is 25.1 Å². The molecule has 3 heterocycles. The van der Waals surface area contributed by atoms with Crippen LogP contribution in [0.1, 0.15) is 44.1 Å². The minimum atomic E-state index is -0.315. The molecule has 126 valence electrons. The molecule has 1 spiro atoms. The van der Waals surface area contributed by atoms with Crippen LogP contribution in [0.2, 0.25) is 0 Å². The van der Waals surface area contributed by atoms with Gasteiger partial charge in [-0.25, -0.2) is 0 Å². The molecule has 2 aliphatic rings. The van der Waals surface area contributed by atoms with E-state index in [9.17, 15) is 0 Å². The summed E-state index contributed by atoms with van der Waals surface area (Å²) in [4.78, 5) is 2.36. The Morgan fingerprint density at radius 3 is 2.62 bits per heavy atom. The van der Waals surface area contributed by atoms with Gasteiger partial charge in [-0.2, -0.15) is 4.57 Å². The predicted molar refractivity (Wildman–Crippen MR) is 96.6 cm³/mol. The summed E-state index contributed by atoms with van der Waals surface area (Å²) in [6.07, 6.45) is 2.05. The van der Waals surface area contributed by atoms with Gasteiger partial charge in [0.15, 0.2) is 17.2 Å². The molecule has 1 aromatic carbocycles. The SMILES string of the molecule is CC[n+]1c(C)ccc2c1CCC1(O2)N(C)c2ccccc2C1(C)C. The van der Waals surface area contributed by atoms with Crippen LogP contribution in [-0.2, 0) is 18.4 Å². The number of aromatic nitrogens is 1. The van der Waals surface area contributed by atoms with Crippen LogP contribution in [0.25, 0.3) is 0 Å². The lowest BCUT2D eigenvalue weighted by Crippen LogP contribution is -2.61. The maximum absolute atomic E-state index is 6.79. The number of anilines is 1. The van der Waals surface area contributed by atoms with Crippen LogP contribution in [-0.4, -0.2) is 12.8 Å². The number of benzene rings is 1. The smallest absolute Gasteiger partial charge is 0.224 e. The molecule has 0 saturated heterocycles. The zero-order chi connectivity index (χ0) is 17.1. The molecule has 1 aromatic heterocycles. The Bertz CT molecular complexity index is 811. The van der Waals surface area contributed by atoms with E-state index in [1.807, 2.05) is 0 Å². The number of hydrogen-bond donors (Lipinski definition) is 0. The van der Waals surface area contributed by atoms with Crippen LogP contribution in [0, 0.1) is 6.92 Å². The Labute approximate surface area is 144 Å². The van der Waals surface area contributed by atoms with E-state index in [0.29, 0.717) is 0 Å². The van der Waals surface area contributed by atoms with E-state index in [1.54, 1.807) is 0 Å². The first-order valence-corrected chi connectivity index (χ1v) is 8.97. The third-order valence-corrected chi connectivity index (χ3v) is 6.26. The summed E-state index contributed by atoms with van der Waals surface area (Å²) in [6.45, 7) is 10.0. The van der Waals surface area contributed by atoms with Crippen molar-refractivity contribution in [3.63, 3.8) is 0 Å². The van der Waals surface area contributed by atoms with Crippen molar-refractivity contribution in [1.82, 2.24) is 0 Å². The fourth-order valence-electron chi connectivity index (χ4n) is 4.84. The Morgan fingerprint density at radius 1 is 1.17 bits per heavy atom. The molecule has 0 N–H and O–H groups in total. The summed E-state index contributed by atoms with van der Waals surface area (Å²) in [5, 5.41) is 0. The fourth-order valence-corrected chi connectivity index (χ4v) is 4.84. The molecule has 3 heteroatoms. The summed E-state index contributed by atoms with van der Waals surface area (Å²) in [7, 11) is 2.18. The highest BCUT2D eigenvalue weighted by atomic mass is 16.5. The van der Waals surface area contributed by atoms with Crippen molar-refractivity contribution in [2.24, 2.45) is 0 Å². The lowest BCUT2D eigenvalue weighted by Gasteiger charge is -2.47. The van der Waals surface area contributed by atoms with Gasteiger partial charge >= 0.3 is 0 Å². The Morgan fingerprint density at radius 2 is 1.92 bits per heavy atom. The average molecular weight is 323 g/mol. The molecule has 0 saturated carbocycles. The molecule has 2 aromatic rings. The number of ether oxygens (including phenoxy) is 1. The topological polar surface area (TPSA) is 16.4 Å². The standard InChI is InChI=1S/C21H27N2O/c1-6-23-15(2)11-12-19-18(23)13-14-21(24-19)20(3,4)16-9-7-8-10-17(16)22(21)5/h7-12H,6,13-14H2,1-5H3/q+1. The minimum absolute atomic E-state index is 0.0576. The number of likely N-dealkylation sites (N-methyl/N-ethyl adjacent to an activating group) is 1. The van der Waals surface area contributed by atoms with Gasteiger partial charge in [0.1, 0.15) is 6.54 Å². The van der Waals surface area contributed by atoms with Crippen molar-refractivity contribution in [3.8, 4) is 5.75 Å². The summed E-state index contributed by atoms with van der Waals surface area (Å²) in [5.41, 5.74) is 4.94. The number of aryl methyl sites for hydroxylation is 1. The fraction of sp³-hybridized carbons (Fsp3) is 0.476. The third kappa shape index (κ3) is 1.76. The average Bonchev–Trinajstić information content (AvgIpc) is 2.74. The van der Waals surface area contributed by atoms with Gasteiger partial charge in [-0.3, -0.25) is 0 Å². The second-order valence-corrected chi connectivity index (χ2v) is 7.62. The van der Waals surface area contributed by atoms with Crippen LogP contribution in [0.3, 0.4) is 0 Å². The summed E-state index contributed by atoms with van der Waals surface area (Å²) in [6, 6.07) is 13.1. The monoisotopic (exact) mass is 323 g/mol. The lowest BCUT2D eigenvalue weighted by atomic mass is 9.74. The molecule has 3 nitrogen and oxygen atoms in total. The lowest BCUT2D eigenvalue weighted by molar-refractivity contribution is -0.707. The molecule has 0 aliphatic carbocycles. The van der Waals surface area contributed by atoms with Crippen molar-refractivity contribution >= 4 is 5.69 Å². The van der Waals surface area contributed by atoms with E-state index in [2.05, 4.69) is 80.6 Å². The molecule has 0 radical (unpaired) electrons. The highest BCUT2D eigenvalue weighted by Crippen LogP contribution is 2.54. The number of fused-ring (bicyclic) bond motifs is 2. The second kappa shape index (κ2) is 4.98. The molecular formula is C21H27N2O+. The molecule has 4 rings (SSSR count). The molecule has 2 aliphatic heterocycles. The highest BCUT2D eigenvalue weighted by molar-refractivity contribution is 5.65. The Kier molecular flexibility index (Phi) is 3.22. The van der Waals surface area contributed by atoms with Gasteiger partial charge in [0.05, 0.1) is 5.41 Å². The van der Waals surface area contributed by atoms with Gasteiger partial charge in [-0.05, 0) is 38.5 Å². The molecule has 24 heavy (non-hydrogen) atoms. The van der Waals surface area contributed by atoms with Gasteiger partial charge < -0.3 is 9.64 Å². The Balaban J connectivity index is 1.85. The van der Waals surface area contributed by atoms with E-state index < -0.39 is 0 Å². The normalized spacial score (nSPS) is 23.8.